The summed E-state index contributed by atoms with van der Waals surface area (Å²) in [5, 5.41) is 8.29. The summed E-state index contributed by atoms with van der Waals surface area (Å²) in [5.41, 5.74) is 6.61. The second-order valence-electron chi connectivity index (χ2n) is 2.62. The molecule has 4 nitrogen and oxygen atoms in total. The van der Waals surface area contributed by atoms with E-state index in [1.807, 2.05) is 0 Å². The molecule has 2 N–H and O–H groups in total. The number of anilines is 1. The fourth-order valence-corrected chi connectivity index (χ4v) is 1.06. The number of methoxy groups -OCH3 is 1. The van der Waals surface area contributed by atoms with Gasteiger partial charge in [-0.3, -0.25) is 0 Å². The normalized spacial score (nSPS) is 8.27. The zero-order chi connectivity index (χ0) is 11.3. The zero-order valence-corrected chi connectivity index (χ0v) is 8.07. The molecule has 1 aromatic rings. The minimum Gasteiger partial charge on any atom is -0.465 e. The van der Waals surface area contributed by atoms with Crippen molar-refractivity contribution >= 4 is 11.7 Å². The average molecular weight is 200 g/mol. The summed E-state index contributed by atoms with van der Waals surface area (Å²) in [4.78, 5) is 11.2. The fourth-order valence-electron chi connectivity index (χ4n) is 1.06. The van der Waals surface area contributed by atoms with Crippen LogP contribution < -0.4 is 5.73 Å². The summed E-state index contributed by atoms with van der Waals surface area (Å²) < 4.78 is 4.54. The highest BCUT2D eigenvalue weighted by molar-refractivity contribution is 5.96. The van der Waals surface area contributed by atoms with Gasteiger partial charge in [0.05, 0.1) is 18.4 Å². The Labute approximate surface area is 87.3 Å². The zero-order valence-electron chi connectivity index (χ0n) is 8.07. The van der Waals surface area contributed by atoms with E-state index in [1.54, 1.807) is 24.3 Å². The van der Waals surface area contributed by atoms with Crippen LogP contribution in [0.3, 0.4) is 0 Å². The van der Waals surface area contributed by atoms with Gasteiger partial charge in [0.25, 0.3) is 0 Å². The molecule has 0 fully saturated rings. The molecule has 0 saturated carbocycles. The molecular formula is C11H8N2O2. The first-order valence-corrected chi connectivity index (χ1v) is 4.07. The van der Waals surface area contributed by atoms with E-state index >= 15 is 0 Å². The predicted octanol–water partition coefficient (Wildman–Crippen LogP) is 0.930. The van der Waals surface area contributed by atoms with Crippen molar-refractivity contribution in [2.75, 3.05) is 12.8 Å². The number of hydrogen-bond donors (Lipinski definition) is 1. The molecule has 0 atom stereocenters. The third-order valence-electron chi connectivity index (χ3n) is 1.76. The largest absolute Gasteiger partial charge is 0.465 e. The highest BCUT2D eigenvalue weighted by Gasteiger charge is 2.11. The first-order chi connectivity index (χ1) is 7.20. The first-order valence-electron chi connectivity index (χ1n) is 4.07. The quantitative estimate of drug-likeness (QED) is 0.415. The molecule has 0 spiro atoms. The second-order valence-corrected chi connectivity index (χ2v) is 2.62. The van der Waals surface area contributed by atoms with Gasteiger partial charge in [-0.05, 0) is 18.1 Å². The fraction of sp³-hybridized carbons (Fsp3) is 0.0909. The number of nitrogens with two attached hydrogens (primary N) is 1. The predicted molar refractivity (Wildman–Crippen MR) is 54.7 cm³/mol. The van der Waals surface area contributed by atoms with Crippen LogP contribution in [0, 0.1) is 23.2 Å². The van der Waals surface area contributed by atoms with Crippen LogP contribution in [0.25, 0.3) is 0 Å². The van der Waals surface area contributed by atoms with E-state index in [4.69, 9.17) is 11.0 Å². The van der Waals surface area contributed by atoms with Crippen molar-refractivity contribution in [1.29, 1.82) is 5.26 Å². The molecule has 0 saturated heterocycles. The Morgan fingerprint density at radius 3 is 2.87 bits per heavy atom. The van der Waals surface area contributed by atoms with E-state index in [1.165, 1.54) is 7.11 Å². The average Bonchev–Trinajstić information content (AvgIpc) is 2.27. The summed E-state index contributed by atoms with van der Waals surface area (Å²) in [5.74, 6) is 4.23. The monoisotopic (exact) mass is 200 g/mol. The maximum absolute atomic E-state index is 11.2. The van der Waals surface area contributed by atoms with Crippen LogP contribution in [0.15, 0.2) is 18.2 Å². The number of rotatable bonds is 1. The maximum Gasteiger partial charge on any atom is 0.339 e. The molecular weight excluding hydrogens is 192 g/mol. The van der Waals surface area contributed by atoms with Crippen molar-refractivity contribution in [1.82, 2.24) is 0 Å². The molecule has 15 heavy (non-hydrogen) atoms. The van der Waals surface area contributed by atoms with Crippen molar-refractivity contribution in [3.8, 4) is 17.9 Å². The molecule has 1 rings (SSSR count). The molecule has 0 amide bonds. The topological polar surface area (TPSA) is 76.1 Å². The van der Waals surface area contributed by atoms with Crippen molar-refractivity contribution in [2.45, 2.75) is 0 Å². The summed E-state index contributed by atoms with van der Waals surface area (Å²) in [6, 6.07) is 6.47. The van der Waals surface area contributed by atoms with Crippen LogP contribution in [0.4, 0.5) is 5.69 Å². The Morgan fingerprint density at radius 1 is 1.53 bits per heavy atom. The number of nitriles is 1. The van der Waals surface area contributed by atoms with Crippen molar-refractivity contribution < 1.29 is 9.53 Å². The third kappa shape index (κ3) is 2.26. The molecule has 0 aliphatic carbocycles. The lowest BCUT2D eigenvalue weighted by Crippen LogP contribution is -2.06. The van der Waals surface area contributed by atoms with E-state index in [0.29, 0.717) is 5.56 Å². The number of ether oxygens (including phenoxy) is 1. The Bertz CT molecular complexity index is 490. The van der Waals surface area contributed by atoms with Crippen LogP contribution >= 0.6 is 0 Å². The molecule has 74 valence electrons. The smallest absolute Gasteiger partial charge is 0.339 e. The standard InChI is InChI=1S/C11H8N2O2/c1-15-11(14)9-6-2-4-8(10(9)13)5-3-7-12/h2,4,6H,13H2,1H3. The third-order valence-corrected chi connectivity index (χ3v) is 1.76. The number of nitrogen functional groups attached to an aromatic ring is 1. The molecule has 0 aliphatic heterocycles. The number of carbonyl (C=O) groups is 1. The van der Waals surface area contributed by atoms with Crippen molar-refractivity contribution in [3.63, 3.8) is 0 Å². The first kappa shape index (κ1) is 10.6. The van der Waals surface area contributed by atoms with Crippen LogP contribution in [0.2, 0.25) is 0 Å². The summed E-state index contributed by atoms with van der Waals surface area (Å²) >= 11 is 0. The van der Waals surface area contributed by atoms with E-state index in [9.17, 15) is 4.79 Å². The molecule has 0 aliphatic rings. The summed E-state index contributed by atoms with van der Waals surface area (Å²) in [6.45, 7) is 0. The number of nitrogens with zero attached hydrogens (tertiary/aromatic N) is 1. The van der Waals surface area contributed by atoms with E-state index in [-0.39, 0.29) is 11.3 Å². The van der Waals surface area contributed by atoms with Gasteiger partial charge in [0.15, 0.2) is 6.07 Å². The second kappa shape index (κ2) is 4.69. The van der Waals surface area contributed by atoms with Crippen molar-refractivity contribution in [2.24, 2.45) is 0 Å². The lowest BCUT2D eigenvalue weighted by molar-refractivity contribution is 0.0602. The van der Waals surface area contributed by atoms with Gasteiger partial charge in [-0.2, -0.15) is 5.26 Å². The summed E-state index contributed by atoms with van der Waals surface area (Å²) in [7, 11) is 1.27. The molecule has 0 bridgehead atoms. The molecule has 0 unspecified atom stereocenters. The number of esters is 1. The SMILES string of the molecule is COC(=O)c1cccc(C#CC#N)c1N. The minimum atomic E-state index is -0.520. The van der Waals surface area contributed by atoms with E-state index < -0.39 is 5.97 Å². The molecule has 0 heterocycles. The van der Waals surface area contributed by atoms with Crippen molar-refractivity contribution in [3.05, 3.63) is 29.3 Å². The van der Waals surface area contributed by atoms with Gasteiger partial charge in [-0.25, -0.2) is 4.79 Å². The Balaban J connectivity index is 3.24. The molecule has 1 aromatic carbocycles. The Kier molecular flexibility index (Phi) is 3.32. The van der Waals surface area contributed by atoms with Gasteiger partial charge in [-0.1, -0.05) is 6.07 Å². The minimum absolute atomic E-state index is 0.229. The lowest BCUT2D eigenvalue weighted by Gasteiger charge is -2.04. The van der Waals surface area contributed by atoms with Crippen LogP contribution in [-0.2, 0) is 4.74 Å². The van der Waals surface area contributed by atoms with Crippen LogP contribution in [-0.4, -0.2) is 13.1 Å². The number of hydrogen-bond acceptors (Lipinski definition) is 4. The number of benzene rings is 1. The highest BCUT2D eigenvalue weighted by Crippen LogP contribution is 2.17. The Morgan fingerprint density at radius 2 is 2.27 bits per heavy atom. The van der Waals surface area contributed by atoms with Crippen LogP contribution in [0.1, 0.15) is 15.9 Å². The van der Waals surface area contributed by atoms with Gasteiger partial charge in [-0.15, -0.1) is 0 Å². The maximum atomic E-state index is 11.2. The molecule has 4 heteroatoms. The van der Waals surface area contributed by atoms with Gasteiger partial charge in [0.2, 0.25) is 0 Å². The molecule has 0 radical (unpaired) electrons. The van der Waals surface area contributed by atoms with E-state index in [2.05, 4.69) is 16.6 Å². The molecule has 0 aromatic heterocycles. The van der Waals surface area contributed by atoms with Gasteiger partial charge < -0.3 is 10.5 Å². The number of carbonyl (C=O) groups excluding carboxylic acids is 1. The van der Waals surface area contributed by atoms with Gasteiger partial charge >= 0.3 is 5.97 Å². The van der Waals surface area contributed by atoms with Gasteiger partial charge in [0, 0.05) is 11.5 Å². The van der Waals surface area contributed by atoms with Crippen LogP contribution in [0.5, 0.6) is 0 Å². The highest BCUT2D eigenvalue weighted by atomic mass is 16.5. The number of para-hydroxylation sites is 1. The summed E-state index contributed by atoms with van der Waals surface area (Å²) in [6.07, 6.45) is 0. The van der Waals surface area contributed by atoms with Gasteiger partial charge in [0.1, 0.15) is 0 Å². The Hall–Kier alpha value is -2.46. The lowest BCUT2D eigenvalue weighted by atomic mass is 10.1. The van der Waals surface area contributed by atoms with E-state index in [0.717, 1.165) is 0 Å².